The van der Waals surface area contributed by atoms with Crippen molar-refractivity contribution >= 4 is 27.5 Å². The molecule has 1 saturated carbocycles. The van der Waals surface area contributed by atoms with Crippen molar-refractivity contribution in [1.29, 1.82) is 0 Å². The van der Waals surface area contributed by atoms with Gasteiger partial charge in [0.2, 0.25) is 0 Å². The first kappa shape index (κ1) is 16.1. The molecule has 2 rings (SSSR count). The van der Waals surface area contributed by atoms with Crippen LogP contribution in [0.25, 0.3) is 0 Å². The second-order valence-electron chi connectivity index (χ2n) is 5.45. The van der Waals surface area contributed by atoms with E-state index in [9.17, 15) is 0 Å². The highest BCUT2D eigenvalue weighted by Gasteiger charge is 2.39. The molecule has 0 amide bonds. The Morgan fingerprint density at radius 2 is 2.15 bits per heavy atom. The number of alkyl halides is 1. The molecule has 1 aromatic rings. The predicted molar refractivity (Wildman–Crippen MR) is 86.7 cm³/mol. The van der Waals surface area contributed by atoms with Crippen molar-refractivity contribution in [3.8, 4) is 5.75 Å². The fourth-order valence-corrected chi connectivity index (χ4v) is 3.48. The molecule has 0 radical (unpaired) electrons. The predicted octanol–water partition coefficient (Wildman–Crippen LogP) is 5.48. The molecule has 1 aromatic carbocycles. The van der Waals surface area contributed by atoms with Gasteiger partial charge in [-0.15, -0.1) is 11.6 Å². The average molecular weight is 362 g/mol. The van der Waals surface area contributed by atoms with Crippen LogP contribution in [0.5, 0.6) is 5.75 Å². The molecule has 2 nitrogen and oxygen atoms in total. The van der Waals surface area contributed by atoms with E-state index >= 15 is 0 Å². The summed E-state index contributed by atoms with van der Waals surface area (Å²) in [5.41, 5.74) is 1.11. The SMILES string of the molecule is CCCOc1ccc(C(Cl)CC2(OC)CCC2)cc1Br. The van der Waals surface area contributed by atoms with Crippen molar-refractivity contribution < 1.29 is 9.47 Å². The van der Waals surface area contributed by atoms with Gasteiger partial charge >= 0.3 is 0 Å². The lowest BCUT2D eigenvalue weighted by atomic mass is 9.76. The first-order valence-electron chi connectivity index (χ1n) is 7.22. The summed E-state index contributed by atoms with van der Waals surface area (Å²) in [5.74, 6) is 0.879. The van der Waals surface area contributed by atoms with Crippen LogP contribution in [-0.4, -0.2) is 19.3 Å². The van der Waals surface area contributed by atoms with E-state index in [1.807, 2.05) is 6.07 Å². The standard InChI is InChI=1S/C16H22BrClO2/c1-3-9-20-15-6-5-12(10-13(15)17)14(18)11-16(19-2)7-4-8-16/h5-6,10,14H,3-4,7-9,11H2,1-2H3. The summed E-state index contributed by atoms with van der Waals surface area (Å²) in [4.78, 5) is 0. The van der Waals surface area contributed by atoms with Gasteiger partial charge in [-0.2, -0.15) is 0 Å². The van der Waals surface area contributed by atoms with Gasteiger partial charge in [0.05, 0.1) is 22.1 Å². The van der Waals surface area contributed by atoms with Crippen LogP contribution in [0.15, 0.2) is 22.7 Å². The minimum Gasteiger partial charge on any atom is -0.492 e. The molecule has 1 fully saturated rings. The van der Waals surface area contributed by atoms with Crippen LogP contribution < -0.4 is 4.74 Å². The van der Waals surface area contributed by atoms with E-state index in [-0.39, 0.29) is 11.0 Å². The highest BCUT2D eigenvalue weighted by atomic mass is 79.9. The Morgan fingerprint density at radius 3 is 2.65 bits per heavy atom. The third-order valence-corrected chi connectivity index (χ3v) is 5.05. The fraction of sp³-hybridized carbons (Fsp3) is 0.625. The number of hydrogen-bond donors (Lipinski definition) is 0. The third-order valence-electron chi connectivity index (χ3n) is 4.03. The van der Waals surface area contributed by atoms with E-state index in [0.717, 1.165) is 48.1 Å². The molecule has 1 unspecified atom stereocenters. The van der Waals surface area contributed by atoms with Gasteiger partial charge in [0, 0.05) is 7.11 Å². The summed E-state index contributed by atoms with van der Waals surface area (Å²) < 4.78 is 12.3. The van der Waals surface area contributed by atoms with Gasteiger partial charge in [0.1, 0.15) is 5.75 Å². The number of ether oxygens (including phenoxy) is 2. The van der Waals surface area contributed by atoms with E-state index in [2.05, 4.69) is 35.0 Å². The highest BCUT2D eigenvalue weighted by Crippen LogP contribution is 2.44. The lowest BCUT2D eigenvalue weighted by Crippen LogP contribution is -2.39. The Labute approximate surface area is 134 Å². The molecule has 0 bridgehead atoms. The Hall–Kier alpha value is -0.250. The second-order valence-corrected chi connectivity index (χ2v) is 6.83. The minimum absolute atomic E-state index is 0.00370. The van der Waals surface area contributed by atoms with Gasteiger partial charge in [-0.05, 0) is 65.7 Å². The molecule has 0 aliphatic heterocycles. The number of hydrogen-bond acceptors (Lipinski definition) is 2. The van der Waals surface area contributed by atoms with Crippen molar-refractivity contribution in [1.82, 2.24) is 0 Å². The Bertz CT molecular complexity index is 441. The van der Waals surface area contributed by atoms with E-state index < -0.39 is 0 Å². The summed E-state index contributed by atoms with van der Waals surface area (Å²) in [5, 5.41) is -0.0215. The van der Waals surface area contributed by atoms with Crippen LogP contribution in [-0.2, 0) is 4.74 Å². The molecule has 0 aromatic heterocycles. The zero-order valence-corrected chi connectivity index (χ0v) is 14.5. The highest BCUT2D eigenvalue weighted by molar-refractivity contribution is 9.10. The van der Waals surface area contributed by atoms with Crippen molar-refractivity contribution in [2.75, 3.05) is 13.7 Å². The van der Waals surface area contributed by atoms with Gasteiger partial charge in [0.15, 0.2) is 0 Å². The maximum absolute atomic E-state index is 6.57. The lowest BCUT2D eigenvalue weighted by Gasteiger charge is -2.41. The zero-order valence-electron chi connectivity index (χ0n) is 12.1. The molecule has 0 heterocycles. The average Bonchev–Trinajstić information content (AvgIpc) is 2.41. The number of rotatable bonds is 7. The van der Waals surface area contributed by atoms with Crippen molar-refractivity contribution in [2.45, 2.75) is 50.0 Å². The maximum Gasteiger partial charge on any atom is 0.133 e. The molecule has 1 aliphatic carbocycles. The van der Waals surface area contributed by atoms with Crippen LogP contribution >= 0.6 is 27.5 Å². The van der Waals surface area contributed by atoms with Crippen LogP contribution in [0.3, 0.4) is 0 Å². The molecule has 4 heteroatoms. The number of halogens is 2. The second kappa shape index (κ2) is 7.15. The normalized spacial score (nSPS) is 18.4. The largest absolute Gasteiger partial charge is 0.492 e. The van der Waals surface area contributed by atoms with Gasteiger partial charge in [-0.1, -0.05) is 13.0 Å². The molecule has 0 spiro atoms. The zero-order chi connectivity index (χ0) is 14.6. The van der Waals surface area contributed by atoms with Crippen molar-refractivity contribution in [3.05, 3.63) is 28.2 Å². The fourth-order valence-electron chi connectivity index (χ4n) is 2.55. The first-order valence-corrected chi connectivity index (χ1v) is 8.44. The molecule has 1 aliphatic rings. The molecular formula is C16H22BrClO2. The monoisotopic (exact) mass is 360 g/mol. The summed E-state index contributed by atoms with van der Waals surface area (Å²) in [6.45, 7) is 2.83. The minimum atomic E-state index is -0.0215. The van der Waals surface area contributed by atoms with Crippen LogP contribution in [0.2, 0.25) is 0 Å². The van der Waals surface area contributed by atoms with E-state index in [1.165, 1.54) is 6.42 Å². The molecular weight excluding hydrogens is 340 g/mol. The maximum atomic E-state index is 6.57. The lowest BCUT2D eigenvalue weighted by molar-refractivity contribution is -0.0780. The van der Waals surface area contributed by atoms with Gasteiger partial charge in [0.25, 0.3) is 0 Å². The van der Waals surface area contributed by atoms with Crippen LogP contribution in [0.1, 0.15) is 50.0 Å². The topological polar surface area (TPSA) is 18.5 Å². The van der Waals surface area contributed by atoms with E-state index in [4.69, 9.17) is 21.1 Å². The van der Waals surface area contributed by atoms with Gasteiger partial charge < -0.3 is 9.47 Å². The van der Waals surface area contributed by atoms with Crippen molar-refractivity contribution in [3.63, 3.8) is 0 Å². The van der Waals surface area contributed by atoms with Gasteiger partial charge in [-0.3, -0.25) is 0 Å². The molecule has 20 heavy (non-hydrogen) atoms. The first-order chi connectivity index (χ1) is 9.60. The Kier molecular flexibility index (Phi) is 5.76. The quantitative estimate of drug-likeness (QED) is 0.599. The summed E-state index contributed by atoms with van der Waals surface area (Å²) in [6, 6.07) is 6.10. The Balaban J connectivity index is 2.03. The third kappa shape index (κ3) is 3.69. The number of benzene rings is 1. The van der Waals surface area contributed by atoms with Crippen molar-refractivity contribution in [2.24, 2.45) is 0 Å². The molecule has 112 valence electrons. The van der Waals surface area contributed by atoms with E-state index in [0.29, 0.717) is 0 Å². The smallest absolute Gasteiger partial charge is 0.133 e. The van der Waals surface area contributed by atoms with Crippen LogP contribution in [0, 0.1) is 0 Å². The summed E-state index contributed by atoms with van der Waals surface area (Å²) >= 11 is 10.1. The van der Waals surface area contributed by atoms with Gasteiger partial charge in [-0.25, -0.2) is 0 Å². The Morgan fingerprint density at radius 1 is 1.40 bits per heavy atom. The molecule has 1 atom stereocenters. The number of methoxy groups -OCH3 is 1. The summed E-state index contributed by atoms with van der Waals surface area (Å²) in [6.07, 6.45) is 5.34. The molecule has 0 saturated heterocycles. The summed E-state index contributed by atoms with van der Waals surface area (Å²) in [7, 11) is 1.79. The van der Waals surface area contributed by atoms with Crippen LogP contribution in [0.4, 0.5) is 0 Å². The van der Waals surface area contributed by atoms with E-state index in [1.54, 1.807) is 7.11 Å². The molecule has 0 N–H and O–H groups in total.